The maximum Gasteiger partial charge on any atom is 0 e. The van der Waals surface area contributed by atoms with E-state index < -0.39 is 0 Å². The van der Waals surface area contributed by atoms with Gasteiger partial charge >= 0.3 is 0 Å². The van der Waals surface area contributed by atoms with Crippen molar-refractivity contribution in [3.8, 4) is 0 Å². The van der Waals surface area contributed by atoms with Crippen molar-refractivity contribution < 1.29 is 21.1 Å². The van der Waals surface area contributed by atoms with E-state index in [2.05, 4.69) is 0 Å². The van der Waals surface area contributed by atoms with Gasteiger partial charge in [0, 0.05) is 21.1 Å². The Morgan fingerprint density at radius 3 is 1.75 bits per heavy atom. The molecule has 4 heavy (non-hydrogen) atoms. The van der Waals surface area contributed by atoms with Crippen LogP contribution >= 0.6 is 0 Å². The second-order valence-electron chi connectivity index (χ2n) is 0.408. The van der Waals surface area contributed by atoms with Crippen molar-refractivity contribution in [2.75, 3.05) is 6.54 Å². The SMILES string of the molecule is CCN.[Mo]. The third kappa shape index (κ3) is 17.1. The van der Waals surface area contributed by atoms with Gasteiger partial charge in [0.1, 0.15) is 0 Å². The molecule has 0 aromatic heterocycles. The van der Waals surface area contributed by atoms with Crippen LogP contribution in [0.25, 0.3) is 0 Å². The molecule has 0 spiro atoms. The van der Waals surface area contributed by atoms with Crippen molar-refractivity contribution in [3.05, 3.63) is 0 Å². The quantitative estimate of drug-likeness (QED) is 0.470. The zero-order chi connectivity index (χ0) is 2.71. The summed E-state index contributed by atoms with van der Waals surface area (Å²) < 4.78 is 0. The van der Waals surface area contributed by atoms with Crippen molar-refractivity contribution in [2.45, 2.75) is 6.92 Å². The number of hydrogen-bond donors (Lipinski definition) is 1. The molecule has 0 radical (unpaired) electrons. The summed E-state index contributed by atoms with van der Waals surface area (Å²) in [6.07, 6.45) is 0. The minimum absolute atomic E-state index is 0. The minimum Gasteiger partial charge on any atom is -0.331 e. The van der Waals surface area contributed by atoms with Crippen LogP contribution < -0.4 is 5.73 Å². The van der Waals surface area contributed by atoms with Crippen LogP contribution in [0, 0.1) is 0 Å². The molecule has 0 unspecified atom stereocenters. The summed E-state index contributed by atoms with van der Waals surface area (Å²) in [5.74, 6) is 0. The first kappa shape index (κ1) is 8.82. The number of nitrogens with two attached hydrogens (primary N) is 1. The van der Waals surface area contributed by atoms with E-state index in [1.807, 2.05) is 6.92 Å². The molecular formula is C2H7MoN. The molecule has 0 aliphatic rings. The summed E-state index contributed by atoms with van der Waals surface area (Å²) in [4.78, 5) is 0. The van der Waals surface area contributed by atoms with E-state index in [-0.39, 0.29) is 21.1 Å². The Balaban J connectivity index is 0. The minimum atomic E-state index is 0. The first-order chi connectivity index (χ1) is 1.41. The van der Waals surface area contributed by atoms with E-state index >= 15 is 0 Å². The van der Waals surface area contributed by atoms with Gasteiger partial charge in [0.05, 0.1) is 0 Å². The normalized spacial score (nSPS) is 4.50. The largest absolute Gasteiger partial charge is 0.331 e. The van der Waals surface area contributed by atoms with Gasteiger partial charge in [-0.1, -0.05) is 6.92 Å². The summed E-state index contributed by atoms with van der Waals surface area (Å²) in [7, 11) is 0. The van der Waals surface area contributed by atoms with Crippen LogP contribution in [0.4, 0.5) is 0 Å². The first-order valence-electron chi connectivity index (χ1n) is 1.12. The van der Waals surface area contributed by atoms with Gasteiger partial charge in [0.25, 0.3) is 0 Å². The van der Waals surface area contributed by atoms with Gasteiger partial charge in [-0.3, -0.25) is 0 Å². The Kier molecular flexibility index (Phi) is 20.8. The molecule has 26 valence electrons. The van der Waals surface area contributed by atoms with Crippen molar-refractivity contribution >= 4 is 0 Å². The van der Waals surface area contributed by atoms with Gasteiger partial charge in [0.2, 0.25) is 0 Å². The molecule has 0 atom stereocenters. The average molecular weight is 141 g/mol. The summed E-state index contributed by atoms with van der Waals surface area (Å²) >= 11 is 0. The third-order valence-corrected chi connectivity index (χ3v) is 0. The van der Waals surface area contributed by atoms with Crippen LogP contribution in [0.15, 0.2) is 0 Å². The fraction of sp³-hybridized carbons (Fsp3) is 1.00. The van der Waals surface area contributed by atoms with E-state index in [0.29, 0.717) is 0 Å². The Hall–Kier alpha value is 0.648. The van der Waals surface area contributed by atoms with E-state index in [1.165, 1.54) is 0 Å². The van der Waals surface area contributed by atoms with Crippen LogP contribution in [-0.2, 0) is 21.1 Å². The molecular weight excluding hydrogens is 134 g/mol. The molecule has 0 saturated carbocycles. The molecule has 0 aliphatic heterocycles. The standard InChI is InChI=1S/C2H7N.Mo/c1-2-3;/h2-3H2,1H3;. The molecule has 2 N–H and O–H groups in total. The molecule has 0 bridgehead atoms. The number of hydrogen-bond acceptors (Lipinski definition) is 1. The monoisotopic (exact) mass is 143 g/mol. The van der Waals surface area contributed by atoms with Crippen LogP contribution in [0.2, 0.25) is 0 Å². The smallest absolute Gasteiger partial charge is 0 e. The van der Waals surface area contributed by atoms with E-state index in [1.54, 1.807) is 0 Å². The third-order valence-electron chi connectivity index (χ3n) is 0. The molecule has 1 nitrogen and oxygen atoms in total. The van der Waals surface area contributed by atoms with Crippen LogP contribution in [0.3, 0.4) is 0 Å². The predicted octanol–water partition coefficient (Wildman–Crippen LogP) is -0.0375. The molecule has 0 fully saturated rings. The van der Waals surface area contributed by atoms with Gasteiger partial charge in [-0.15, -0.1) is 0 Å². The molecule has 0 amide bonds. The summed E-state index contributed by atoms with van der Waals surface area (Å²) in [6.45, 7) is 2.65. The van der Waals surface area contributed by atoms with Crippen molar-refractivity contribution in [3.63, 3.8) is 0 Å². The topological polar surface area (TPSA) is 26.0 Å². The van der Waals surface area contributed by atoms with Crippen LogP contribution in [0.5, 0.6) is 0 Å². The molecule has 0 aliphatic carbocycles. The van der Waals surface area contributed by atoms with Crippen LogP contribution in [-0.4, -0.2) is 6.54 Å². The molecule has 0 rings (SSSR count). The zero-order valence-corrected chi connectivity index (χ0v) is 4.70. The second kappa shape index (κ2) is 9.42. The summed E-state index contributed by atoms with van der Waals surface area (Å²) in [6, 6.07) is 0. The fourth-order valence-corrected chi connectivity index (χ4v) is 0. The Morgan fingerprint density at radius 2 is 1.75 bits per heavy atom. The first-order valence-corrected chi connectivity index (χ1v) is 1.12. The second-order valence-corrected chi connectivity index (χ2v) is 0.408. The van der Waals surface area contributed by atoms with Crippen molar-refractivity contribution in [2.24, 2.45) is 5.73 Å². The van der Waals surface area contributed by atoms with Gasteiger partial charge in [-0.2, -0.15) is 0 Å². The molecule has 2 heteroatoms. The molecule has 0 heterocycles. The van der Waals surface area contributed by atoms with E-state index in [0.717, 1.165) is 6.54 Å². The molecule has 0 aromatic rings. The van der Waals surface area contributed by atoms with Gasteiger partial charge in [-0.05, 0) is 6.54 Å². The predicted molar refractivity (Wildman–Crippen MR) is 14.7 cm³/mol. The molecule has 0 aromatic carbocycles. The van der Waals surface area contributed by atoms with E-state index in [9.17, 15) is 0 Å². The average Bonchev–Trinajstić information content (AvgIpc) is 0.918. The Morgan fingerprint density at radius 1 is 1.75 bits per heavy atom. The summed E-state index contributed by atoms with van der Waals surface area (Å²) in [5, 5.41) is 0. The maximum atomic E-state index is 4.85. The number of rotatable bonds is 0. The van der Waals surface area contributed by atoms with Gasteiger partial charge in [0.15, 0.2) is 0 Å². The van der Waals surface area contributed by atoms with Gasteiger partial charge < -0.3 is 5.73 Å². The van der Waals surface area contributed by atoms with Crippen LogP contribution in [0.1, 0.15) is 6.92 Å². The van der Waals surface area contributed by atoms with E-state index in [4.69, 9.17) is 5.73 Å². The Labute approximate surface area is 40.8 Å². The summed E-state index contributed by atoms with van der Waals surface area (Å²) in [5.41, 5.74) is 4.85. The van der Waals surface area contributed by atoms with Crippen molar-refractivity contribution in [1.29, 1.82) is 0 Å². The molecule has 0 saturated heterocycles. The van der Waals surface area contributed by atoms with Crippen molar-refractivity contribution in [1.82, 2.24) is 0 Å². The Bertz CT molecular complexity index is 6.00. The zero-order valence-electron chi connectivity index (χ0n) is 2.69. The maximum absolute atomic E-state index is 4.85. The van der Waals surface area contributed by atoms with Gasteiger partial charge in [-0.25, -0.2) is 0 Å². The fourth-order valence-electron chi connectivity index (χ4n) is 0.